The maximum Gasteiger partial charge on any atom is 0.331 e. The summed E-state index contributed by atoms with van der Waals surface area (Å²) < 4.78 is 6.22. The molecule has 6 nitrogen and oxygen atoms in total. The fraction of sp³-hybridized carbons (Fsp3) is 0.143. The third-order valence-corrected chi connectivity index (χ3v) is 4.83. The summed E-state index contributed by atoms with van der Waals surface area (Å²) in [4.78, 5) is 39.9. The van der Waals surface area contributed by atoms with Crippen LogP contribution < -0.4 is 5.32 Å². The van der Waals surface area contributed by atoms with Crippen LogP contribution in [0.1, 0.15) is 29.2 Å². The molecule has 0 saturated carbocycles. The molecule has 3 aromatic rings. The van der Waals surface area contributed by atoms with E-state index in [2.05, 4.69) is 10.3 Å². The lowest BCUT2D eigenvalue weighted by Crippen LogP contribution is -2.23. The third kappa shape index (κ3) is 4.89. The van der Waals surface area contributed by atoms with E-state index in [4.69, 9.17) is 4.74 Å². The fourth-order valence-corrected chi connectivity index (χ4v) is 3.39. The lowest BCUT2D eigenvalue weighted by atomic mass is 10.1. The molecule has 142 valence electrons. The largest absolute Gasteiger partial charge is 0.451 e. The molecule has 0 unspecified atom stereocenters. The Morgan fingerprint density at radius 2 is 1.82 bits per heavy atom. The maximum atomic E-state index is 12.4. The van der Waals surface area contributed by atoms with Crippen molar-refractivity contribution in [3.8, 4) is 0 Å². The van der Waals surface area contributed by atoms with Crippen molar-refractivity contribution >= 4 is 51.0 Å². The van der Waals surface area contributed by atoms with E-state index in [1.807, 2.05) is 24.3 Å². The van der Waals surface area contributed by atoms with E-state index in [0.717, 1.165) is 10.2 Å². The van der Waals surface area contributed by atoms with E-state index in [0.29, 0.717) is 16.3 Å². The van der Waals surface area contributed by atoms with Crippen molar-refractivity contribution in [1.82, 2.24) is 4.98 Å². The van der Waals surface area contributed by atoms with E-state index in [-0.39, 0.29) is 11.7 Å². The average molecular weight is 394 g/mol. The molecule has 0 bridgehead atoms. The van der Waals surface area contributed by atoms with Crippen molar-refractivity contribution < 1.29 is 19.1 Å². The van der Waals surface area contributed by atoms with Gasteiger partial charge < -0.3 is 10.1 Å². The van der Waals surface area contributed by atoms with Gasteiger partial charge in [0.1, 0.15) is 5.01 Å². The van der Waals surface area contributed by atoms with Gasteiger partial charge in [-0.2, -0.15) is 0 Å². The summed E-state index contributed by atoms with van der Waals surface area (Å²) in [5.74, 6) is -1.13. The molecule has 1 atom stereocenters. The van der Waals surface area contributed by atoms with Crippen LogP contribution in [0.2, 0.25) is 0 Å². The molecule has 0 aliphatic rings. The minimum atomic E-state index is -0.931. The number of carbonyl (C=O) groups excluding carboxylic acids is 3. The van der Waals surface area contributed by atoms with Gasteiger partial charge in [-0.15, -0.1) is 11.3 Å². The van der Waals surface area contributed by atoms with Crippen molar-refractivity contribution in [2.75, 3.05) is 5.32 Å². The molecular formula is C21H18N2O4S. The zero-order valence-electron chi connectivity index (χ0n) is 15.3. The van der Waals surface area contributed by atoms with E-state index >= 15 is 0 Å². The zero-order valence-corrected chi connectivity index (χ0v) is 16.2. The molecule has 0 aliphatic carbocycles. The summed E-state index contributed by atoms with van der Waals surface area (Å²) in [7, 11) is 0. The highest BCUT2D eigenvalue weighted by Crippen LogP contribution is 2.22. The van der Waals surface area contributed by atoms with Crippen LogP contribution in [0.3, 0.4) is 0 Å². The average Bonchev–Trinajstić information content (AvgIpc) is 3.09. The van der Waals surface area contributed by atoms with Crippen molar-refractivity contribution in [1.29, 1.82) is 0 Å². The molecule has 7 heteroatoms. The Hall–Kier alpha value is -3.32. The lowest BCUT2D eigenvalue weighted by Gasteiger charge is -2.11. The molecule has 2 aromatic carbocycles. The van der Waals surface area contributed by atoms with Crippen LogP contribution >= 0.6 is 11.3 Å². The Morgan fingerprint density at radius 3 is 2.50 bits per heavy atom. The molecule has 0 spiro atoms. The number of esters is 1. The van der Waals surface area contributed by atoms with Crippen LogP contribution in [-0.2, 0) is 14.3 Å². The summed E-state index contributed by atoms with van der Waals surface area (Å²) in [5, 5.41) is 3.31. The fourth-order valence-electron chi connectivity index (χ4n) is 2.52. The standard InChI is InChI=1S/C21H18N2O4S/c1-13(21(26)15-7-9-16(10-8-15)22-14(2)24)27-20(25)12-11-19-23-17-5-3-4-6-18(17)28-19/h3-13H,1-2H3,(H,22,24)/b12-11+/t13-/m1/s1. The number of nitrogens with one attached hydrogen (secondary N) is 1. The predicted molar refractivity (Wildman–Crippen MR) is 109 cm³/mol. The van der Waals surface area contributed by atoms with Crippen molar-refractivity contribution in [2.45, 2.75) is 20.0 Å². The van der Waals surface area contributed by atoms with E-state index < -0.39 is 12.1 Å². The number of ether oxygens (including phenoxy) is 1. The monoisotopic (exact) mass is 394 g/mol. The minimum absolute atomic E-state index is 0.193. The highest BCUT2D eigenvalue weighted by molar-refractivity contribution is 7.19. The highest BCUT2D eigenvalue weighted by Gasteiger charge is 2.18. The van der Waals surface area contributed by atoms with Crippen LogP contribution in [0.5, 0.6) is 0 Å². The number of anilines is 1. The number of Topliss-reactive ketones (excluding diaryl/α,β-unsaturated/α-hetero) is 1. The maximum absolute atomic E-state index is 12.4. The van der Waals surface area contributed by atoms with Crippen molar-refractivity contribution in [2.24, 2.45) is 0 Å². The van der Waals surface area contributed by atoms with Crippen molar-refractivity contribution in [3.63, 3.8) is 0 Å². The van der Waals surface area contributed by atoms with Gasteiger partial charge in [-0.3, -0.25) is 9.59 Å². The Morgan fingerprint density at radius 1 is 1.11 bits per heavy atom. The zero-order chi connectivity index (χ0) is 20.1. The lowest BCUT2D eigenvalue weighted by molar-refractivity contribution is -0.140. The molecule has 0 saturated heterocycles. The number of nitrogens with zero attached hydrogens (tertiary/aromatic N) is 1. The predicted octanol–water partition coefficient (Wildman–Crippen LogP) is 4.08. The number of ketones is 1. The second-order valence-corrected chi connectivity index (χ2v) is 7.12. The number of hydrogen-bond donors (Lipinski definition) is 1. The number of carbonyl (C=O) groups is 3. The third-order valence-electron chi connectivity index (χ3n) is 3.82. The molecule has 28 heavy (non-hydrogen) atoms. The Balaban J connectivity index is 1.59. The van der Waals surface area contributed by atoms with Crippen LogP contribution in [0, 0.1) is 0 Å². The Labute approximate surface area is 165 Å². The first-order valence-electron chi connectivity index (χ1n) is 8.58. The number of rotatable bonds is 6. The summed E-state index contributed by atoms with van der Waals surface area (Å²) in [6.45, 7) is 2.93. The van der Waals surface area contributed by atoms with Crippen LogP contribution in [0.15, 0.2) is 54.6 Å². The summed E-state index contributed by atoms with van der Waals surface area (Å²) in [6.07, 6.45) is 1.91. The number of thiazole rings is 1. The molecule has 0 radical (unpaired) electrons. The Bertz CT molecular complexity index is 1020. The van der Waals surface area contributed by atoms with Gasteiger partial charge in [-0.25, -0.2) is 9.78 Å². The van der Waals surface area contributed by atoms with E-state index in [1.165, 1.54) is 31.3 Å². The topological polar surface area (TPSA) is 85.4 Å². The van der Waals surface area contributed by atoms with Gasteiger partial charge in [0.2, 0.25) is 11.7 Å². The summed E-state index contributed by atoms with van der Waals surface area (Å²) >= 11 is 1.46. The van der Waals surface area contributed by atoms with Gasteiger partial charge >= 0.3 is 5.97 Å². The second-order valence-electron chi connectivity index (χ2n) is 6.06. The van der Waals surface area contributed by atoms with Gasteiger partial charge in [0.25, 0.3) is 0 Å². The molecule has 1 aromatic heterocycles. The van der Waals surface area contributed by atoms with Gasteiger partial charge in [-0.1, -0.05) is 12.1 Å². The molecule has 0 fully saturated rings. The SMILES string of the molecule is CC(=O)Nc1ccc(C(=O)[C@@H](C)OC(=O)/C=C/c2nc3ccccc3s2)cc1. The highest BCUT2D eigenvalue weighted by atomic mass is 32.1. The molecule has 1 N–H and O–H groups in total. The van der Waals surface area contributed by atoms with Gasteiger partial charge in [0.05, 0.1) is 10.2 Å². The first-order chi connectivity index (χ1) is 13.4. The number of benzene rings is 2. The van der Waals surface area contributed by atoms with E-state index in [9.17, 15) is 14.4 Å². The number of aromatic nitrogens is 1. The summed E-state index contributed by atoms with van der Waals surface area (Å²) in [5.41, 5.74) is 1.85. The number of hydrogen-bond acceptors (Lipinski definition) is 6. The molecule has 1 amide bonds. The Kier molecular flexibility index (Phi) is 5.96. The first-order valence-corrected chi connectivity index (χ1v) is 9.40. The summed E-state index contributed by atoms with van der Waals surface area (Å²) in [6, 6.07) is 14.1. The van der Waals surface area contributed by atoms with Crippen LogP contribution in [-0.4, -0.2) is 28.7 Å². The van der Waals surface area contributed by atoms with Gasteiger partial charge in [0, 0.05) is 24.3 Å². The van der Waals surface area contributed by atoms with E-state index in [1.54, 1.807) is 30.3 Å². The van der Waals surface area contributed by atoms with Crippen LogP contribution in [0.25, 0.3) is 16.3 Å². The molecule has 0 aliphatic heterocycles. The van der Waals surface area contributed by atoms with Crippen molar-refractivity contribution in [3.05, 3.63) is 65.2 Å². The quantitative estimate of drug-likeness (QED) is 0.387. The smallest absolute Gasteiger partial charge is 0.331 e. The first kappa shape index (κ1) is 19.4. The second kappa shape index (κ2) is 8.58. The number of amides is 1. The molecule has 1 heterocycles. The molecular weight excluding hydrogens is 376 g/mol. The minimum Gasteiger partial charge on any atom is -0.451 e. The van der Waals surface area contributed by atoms with Crippen LogP contribution in [0.4, 0.5) is 5.69 Å². The number of para-hydroxylation sites is 1. The number of fused-ring (bicyclic) bond motifs is 1. The van der Waals surface area contributed by atoms with Gasteiger partial charge in [-0.05, 0) is 49.4 Å². The molecule has 3 rings (SSSR count). The normalized spacial score (nSPS) is 12.1. The van der Waals surface area contributed by atoms with Gasteiger partial charge in [0.15, 0.2) is 6.10 Å².